The lowest BCUT2D eigenvalue weighted by atomic mass is 10.0. The Morgan fingerprint density at radius 2 is 2.07 bits per heavy atom. The van der Waals surface area contributed by atoms with Crippen molar-refractivity contribution in [3.8, 4) is 0 Å². The van der Waals surface area contributed by atoms with E-state index in [2.05, 4.69) is 66.3 Å². The first-order valence-electron chi connectivity index (χ1n) is 5.28. The molecule has 82 valence electrons. The zero-order valence-electron chi connectivity index (χ0n) is 9.55. The maximum Gasteiger partial charge on any atom is 0.0519 e. The van der Waals surface area contributed by atoms with Gasteiger partial charge in [-0.3, -0.25) is 0 Å². The molecular formula is C13H18BrN. The summed E-state index contributed by atoms with van der Waals surface area (Å²) in [6, 6.07) is 8.65. The predicted molar refractivity (Wildman–Crippen MR) is 70.0 cm³/mol. The monoisotopic (exact) mass is 267 g/mol. The first-order chi connectivity index (χ1) is 7.15. The van der Waals surface area contributed by atoms with Gasteiger partial charge in [-0.1, -0.05) is 52.7 Å². The van der Waals surface area contributed by atoms with Crippen LogP contribution in [0.4, 0.5) is 0 Å². The minimum Gasteiger partial charge on any atom is -0.307 e. The minimum absolute atomic E-state index is 0.301. The van der Waals surface area contributed by atoms with E-state index >= 15 is 0 Å². The molecule has 1 rings (SSSR count). The van der Waals surface area contributed by atoms with Gasteiger partial charge in [0.05, 0.1) is 6.04 Å². The van der Waals surface area contributed by atoms with Gasteiger partial charge in [-0.2, -0.15) is 0 Å². The molecule has 0 saturated heterocycles. The van der Waals surface area contributed by atoms with Gasteiger partial charge in [-0.15, -0.1) is 0 Å². The molecule has 0 fully saturated rings. The Labute approximate surface area is 101 Å². The maximum atomic E-state index is 3.59. The molecule has 0 amide bonds. The molecule has 1 aromatic carbocycles. The number of rotatable bonds is 4. The van der Waals surface area contributed by atoms with Crippen molar-refractivity contribution in [1.29, 1.82) is 0 Å². The number of nitrogens with one attached hydrogen (secondary N) is 1. The van der Waals surface area contributed by atoms with Gasteiger partial charge in [-0.05, 0) is 32.0 Å². The van der Waals surface area contributed by atoms with Crippen LogP contribution in [0.1, 0.15) is 32.4 Å². The Hall–Kier alpha value is -0.600. The standard InChI is InChI=1S/C13H18BrN/c1-4-15-13(9-10(2)3)11-7-5-6-8-12(11)14/h5-9,13,15H,4H2,1-3H3. The predicted octanol–water partition coefficient (Wildman–Crippen LogP) is 4.07. The lowest BCUT2D eigenvalue weighted by Crippen LogP contribution is -2.19. The van der Waals surface area contributed by atoms with Gasteiger partial charge < -0.3 is 5.32 Å². The molecule has 0 saturated carbocycles. The molecule has 15 heavy (non-hydrogen) atoms. The molecule has 2 heteroatoms. The summed E-state index contributed by atoms with van der Waals surface area (Å²) in [5.74, 6) is 0. The van der Waals surface area contributed by atoms with Crippen LogP contribution in [0.3, 0.4) is 0 Å². The first kappa shape index (κ1) is 12.5. The number of benzene rings is 1. The van der Waals surface area contributed by atoms with Crippen LogP contribution in [-0.4, -0.2) is 6.54 Å². The largest absolute Gasteiger partial charge is 0.307 e. The molecule has 1 N–H and O–H groups in total. The second-order valence-electron chi connectivity index (χ2n) is 3.80. The van der Waals surface area contributed by atoms with E-state index in [-0.39, 0.29) is 0 Å². The fourth-order valence-corrected chi connectivity index (χ4v) is 2.07. The van der Waals surface area contributed by atoms with Crippen LogP contribution >= 0.6 is 15.9 Å². The maximum absolute atomic E-state index is 3.59. The molecular weight excluding hydrogens is 250 g/mol. The van der Waals surface area contributed by atoms with Crippen molar-refractivity contribution in [3.05, 3.63) is 46.0 Å². The highest BCUT2D eigenvalue weighted by Gasteiger charge is 2.09. The fraction of sp³-hybridized carbons (Fsp3) is 0.385. The SMILES string of the molecule is CCNC(C=C(C)C)c1ccccc1Br. The minimum atomic E-state index is 0.301. The molecule has 1 atom stereocenters. The number of likely N-dealkylation sites (N-methyl/N-ethyl adjacent to an activating group) is 1. The summed E-state index contributed by atoms with van der Waals surface area (Å²) in [6.45, 7) is 7.35. The molecule has 0 radical (unpaired) electrons. The van der Waals surface area contributed by atoms with Crippen LogP contribution in [0.25, 0.3) is 0 Å². The molecule has 1 nitrogen and oxygen atoms in total. The second kappa shape index (κ2) is 6.09. The van der Waals surface area contributed by atoms with E-state index in [9.17, 15) is 0 Å². The van der Waals surface area contributed by atoms with Crippen molar-refractivity contribution in [2.24, 2.45) is 0 Å². The Kier molecular flexibility index (Phi) is 5.06. The normalized spacial score (nSPS) is 12.3. The van der Waals surface area contributed by atoms with Gasteiger partial charge in [0.15, 0.2) is 0 Å². The van der Waals surface area contributed by atoms with Gasteiger partial charge in [0.25, 0.3) is 0 Å². The van der Waals surface area contributed by atoms with Gasteiger partial charge >= 0.3 is 0 Å². The van der Waals surface area contributed by atoms with E-state index in [4.69, 9.17) is 0 Å². The third-order valence-corrected chi connectivity index (χ3v) is 2.89. The van der Waals surface area contributed by atoms with Crippen molar-refractivity contribution in [3.63, 3.8) is 0 Å². The van der Waals surface area contributed by atoms with Gasteiger partial charge in [0.1, 0.15) is 0 Å². The summed E-state index contributed by atoms with van der Waals surface area (Å²) in [7, 11) is 0. The third kappa shape index (κ3) is 3.80. The highest BCUT2D eigenvalue weighted by molar-refractivity contribution is 9.10. The Bertz CT molecular complexity index is 340. The molecule has 0 aromatic heterocycles. The van der Waals surface area contributed by atoms with Gasteiger partial charge in [0, 0.05) is 4.47 Å². The smallest absolute Gasteiger partial charge is 0.0519 e. The first-order valence-corrected chi connectivity index (χ1v) is 6.07. The highest BCUT2D eigenvalue weighted by Crippen LogP contribution is 2.24. The van der Waals surface area contributed by atoms with Crippen LogP contribution in [-0.2, 0) is 0 Å². The fourth-order valence-electron chi connectivity index (χ4n) is 1.54. The topological polar surface area (TPSA) is 12.0 Å². The molecule has 0 aliphatic rings. The number of halogens is 1. The van der Waals surface area contributed by atoms with Crippen LogP contribution in [0.15, 0.2) is 40.4 Å². The third-order valence-electron chi connectivity index (χ3n) is 2.16. The van der Waals surface area contributed by atoms with Crippen LogP contribution in [0.2, 0.25) is 0 Å². The summed E-state index contributed by atoms with van der Waals surface area (Å²) < 4.78 is 1.16. The zero-order valence-corrected chi connectivity index (χ0v) is 11.1. The van der Waals surface area contributed by atoms with Gasteiger partial charge in [-0.25, -0.2) is 0 Å². The van der Waals surface area contributed by atoms with E-state index in [1.165, 1.54) is 11.1 Å². The summed E-state index contributed by atoms with van der Waals surface area (Å²) in [6.07, 6.45) is 2.25. The molecule has 1 aromatic rings. The lowest BCUT2D eigenvalue weighted by molar-refractivity contribution is 0.642. The average molecular weight is 268 g/mol. The molecule has 0 spiro atoms. The molecule has 1 unspecified atom stereocenters. The van der Waals surface area contributed by atoms with E-state index in [0.717, 1.165) is 11.0 Å². The molecule has 0 heterocycles. The molecule has 0 bridgehead atoms. The van der Waals surface area contributed by atoms with Crippen LogP contribution in [0.5, 0.6) is 0 Å². The number of hydrogen-bond acceptors (Lipinski definition) is 1. The molecule has 0 aliphatic heterocycles. The highest BCUT2D eigenvalue weighted by atomic mass is 79.9. The average Bonchev–Trinajstić information content (AvgIpc) is 2.17. The quantitative estimate of drug-likeness (QED) is 0.812. The van der Waals surface area contributed by atoms with Crippen molar-refractivity contribution in [2.75, 3.05) is 6.54 Å². The Balaban J connectivity index is 2.99. The number of hydrogen-bond donors (Lipinski definition) is 1. The lowest BCUT2D eigenvalue weighted by Gasteiger charge is -2.16. The van der Waals surface area contributed by atoms with E-state index in [1.807, 2.05) is 6.07 Å². The summed E-state index contributed by atoms with van der Waals surface area (Å²) in [4.78, 5) is 0. The van der Waals surface area contributed by atoms with E-state index in [0.29, 0.717) is 6.04 Å². The summed E-state index contributed by atoms with van der Waals surface area (Å²) >= 11 is 3.59. The Morgan fingerprint density at radius 1 is 1.40 bits per heavy atom. The van der Waals surface area contributed by atoms with Crippen molar-refractivity contribution in [1.82, 2.24) is 5.32 Å². The van der Waals surface area contributed by atoms with E-state index in [1.54, 1.807) is 0 Å². The van der Waals surface area contributed by atoms with E-state index < -0.39 is 0 Å². The zero-order chi connectivity index (χ0) is 11.3. The van der Waals surface area contributed by atoms with Crippen LogP contribution < -0.4 is 5.32 Å². The van der Waals surface area contributed by atoms with Gasteiger partial charge in [0.2, 0.25) is 0 Å². The summed E-state index contributed by atoms with van der Waals surface area (Å²) in [5, 5.41) is 3.46. The van der Waals surface area contributed by atoms with Crippen molar-refractivity contribution in [2.45, 2.75) is 26.8 Å². The second-order valence-corrected chi connectivity index (χ2v) is 4.66. The van der Waals surface area contributed by atoms with Crippen LogP contribution in [0, 0.1) is 0 Å². The van der Waals surface area contributed by atoms with Crippen molar-refractivity contribution >= 4 is 15.9 Å². The van der Waals surface area contributed by atoms with Crippen molar-refractivity contribution < 1.29 is 0 Å². The summed E-state index contributed by atoms with van der Waals surface area (Å²) in [5.41, 5.74) is 2.62. The molecule has 0 aliphatic carbocycles. The Morgan fingerprint density at radius 3 is 2.60 bits per heavy atom. The number of allylic oxidation sites excluding steroid dienone is 1.